The van der Waals surface area contributed by atoms with Gasteiger partial charge in [-0.1, -0.05) is 12.1 Å². The number of anilines is 2. The minimum Gasteiger partial charge on any atom is -0.371 e. The highest BCUT2D eigenvalue weighted by atomic mass is 19.1. The Labute approximate surface area is 122 Å². The van der Waals surface area contributed by atoms with Gasteiger partial charge in [0.25, 0.3) is 5.91 Å². The number of amides is 1. The maximum absolute atomic E-state index is 13.0. The summed E-state index contributed by atoms with van der Waals surface area (Å²) in [6.45, 7) is 2.09. The van der Waals surface area contributed by atoms with Gasteiger partial charge in [-0.25, -0.2) is 4.98 Å². The van der Waals surface area contributed by atoms with E-state index < -0.39 is 11.9 Å². The summed E-state index contributed by atoms with van der Waals surface area (Å²) in [7, 11) is 0. The van der Waals surface area contributed by atoms with Crippen LogP contribution in [0.15, 0.2) is 42.5 Å². The molecule has 1 N–H and O–H groups in total. The number of rotatable bonds is 3. The van der Waals surface area contributed by atoms with Gasteiger partial charge in [0.05, 0.1) is 0 Å². The molecule has 0 saturated carbocycles. The number of halogens is 1. The fraction of sp³-hybridized carbons (Fsp3) is 0.250. The molecule has 0 radical (unpaired) electrons. The van der Waals surface area contributed by atoms with Crippen LogP contribution in [0.5, 0.6) is 0 Å². The molecule has 108 valence electrons. The third kappa shape index (κ3) is 3.18. The van der Waals surface area contributed by atoms with Crippen LogP contribution in [0.25, 0.3) is 0 Å². The Kier molecular flexibility index (Phi) is 3.81. The Balaban J connectivity index is 1.75. The molecule has 4 nitrogen and oxygen atoms in total. The van der Waals surface area contributed by atoms with Gasteiger partial charge in [0.15, 0.2) is 0 Å². The largest absolute Gasteiger partial charge is 0.371 e. The minimum absolute atomic E-state index is 0.0709. The van der Waals surface area contributed by atoms with Crippen molar-refractivity contribution in [3.63, 3.8) is 0 Å². The number of nitrogens with one attached hydrogen (secondary N) is 1. The summed E-state index contributed by atoms with van der Waals surface area (Å²) in [5.74, 6) is -1.07. The number of carbonyl (C=O) groups excluding carboxylic acids is 1. The van der Waals surface area contributed by atoms with E-state index in [2.05, 4.69) is 15.2 Å². The SMILES string of the molecule is O=C(Nc1cccc(N2CCCC2)c1)c1cccc(F)n1. The first-order chi connectivity index (χ1) is 10.2. The smallest absolute Gasteiger partial charge is 0.274 e. The quantitative estimate of drug-likeness (QED) is 0.881. The topological polar surface area (TPSA) is 45.2 Å². The highest BCUT2D eigenvalue weighted by molar-refractivity contribution is 6.03. The molecule has 1 amide bonds. The summed E-state index contributed by atoms with van der Waals surface area (Å²) in [4.78, 5) is 17.9. The summed E-state index contributed by atoms with van der Waals surface area (Å²) in [5.41, 5.74) is 1.86. The van der Waals surface area contributed by atoms with Crippen molar-refractivity contribution in [2.24, 2.45) is 0 Å². The van der Waals surface area contributed by atoms with Gasteiger partial charge in [-0.2, -0.15) is 4.39 Å². The van der Waals surface area contributed by atoms with E-state index in [0.717, 1.165) is 18.8 Å². The lowest BCUT2D eigenvalue weighted by Crippen LogP contribution is -2.18. The Morgan fingerprint density at radius 1 is 1.14 bits per heavy atom. The molecular weight excluding hydrogens is 269 g/mol. The lowest BCUT2D eigenvalue weighted by atomic mass is 10.2. The van der Waals surface area contributed by atoms with Crippen molar-refractivity contribution in [2.75, 3.05) is 23.3 Å². The van der Waals surface area contributed by atoms with Gasteiger partial charge in [0.1, 0.15) is 5.69 Å². The van der Waals surface area contributed by atoms with Crippen LogP contribution < -0.4 is 10.2 Å². The first-order valence-electron chi connectivity index (χ1n) is 7.01. The third-order valence-electron chi connectivity index (χ3n) is 3.52. The van der Waals surface area contributed by atoms with E-state index in [-0.39, 0.29) is 5.69 Å². The molecule has 5 heteroatoms. The van der Waals surface area contributed by atoms with Gasteiger partial charge in [0, 0.05) is 24.5 Å². The summed E-state index contributed by atoms with van der Waals surface area (Å²) >= 11 is 0. The van der Waals surface area contributed by atoms with E-state index >= 15 is 0 Å². The van der Waals surface area contributed by atoms with Gasteiger partial charge in [0.2, 0.25) is 5.95 Å². The highest BCUT2D eigenvalue weighted by Gasteiger charge is 2.13. The van der Waals surface area contributed by atoms with E-state index in [0.29, 0.717) is 5.69 Å². The number of hydrogen-bond acceptors (Lipinski definition) is 3. The van der Waals surface area contributed by atoms with Crippen LogP contribution in [0.1, 0.15) is 23.3 Å². The number of benzene rings is 1. The predicted octanol–water partition coefficient (Wildman–Crippen LogP) is 3.07. The van der Waals surface area contributed by atoms with Gasteiger partial charge < -0.3 is 10.2 Å². The molecule has 1 aliphatic heterocycles. The zero-order valence-electron chi connectivity index (χ0n) is 11.6. The van der Waals surface area contributed by atoms with E-state index in [4.69, 9.17) is 0 Å². The van der Waals surface area contributed by atoms with Crippen LogP contribution in [0, 0.1) is 5.95 Å². The summed E-state index contributed by atoms with van der Waals surface area (Å²) in [6, 6.07) is 11.9. The first kappa shape index (κ1) is 13.5. The normalized spacial score (nSPS) is 14.2. The van der Waals surface area contributed by atoms with E-state index in [1.807, 2.05) is 24.3 Å². The molecule has 0 bridgehead atoms. The molecule has 1 saturated heterocycles. The molecule has 2 heterocycles. The molecule has 0 spiro atoms. The zero-order valence-corrected chi connectivity index (χ0v) is 11.6. The Morgan fingerprint density at radius 2 is 1.90 bits per heavy atom. The summed E-state index contributed by atoms with van der Waals surface area (Å²) in [6.07, 6.45) is 2.40. The van der Waals surface area contributed by atoms with Crippen molar-refractivity contribution in [3.05, 3.63) is 54.1 Å². The number of hydrogen-bond donors (Lipinski definition) is 1. The molecule has 1 aromatic heterocycles. The van der Waals surface area contributed by atoms with Crippen LogP contribution in [-0.4, -0.2) is 24.0 Å². The van der Waals surface area contributed by atoms with Gasteiger partial charge in [-0.15, -0.1) is 0 Å². The molecule has 2 aromatic rings. The van der Waals surface area contributed by atoms with Crippen LogP contribution >= 0.6 is 0 Å². The molecule has 0 aliphatic carbocycles. The standard InChI is InChI=1S/C16H16FN3O/c17-15-8-4-7-14(19-15)16(21)18-12-5-3-6-13(11-12)20-9-1-2-10-20/h3-8,11H,1-2,9-10H2,(H,18,21). The van der Waals surface area contributed by atoms with Crippen molar-refractivity contribution < 1.29 is 9.18 Å². The predicted molar refractivity (Wildman–Crippen MR) is 80.0 cm³/mol. The van der Waals surface area contributed by atoms with Crippen LogP contribution in [0.2, 0.25) is 0 Å². The van der Waals surface area contributed by atoms with Crippen molar-refractivity contribution in [1.82, 2.24) is 4.98 Å². The maximum Gasteiger partial charge on any atom is 0.274 e. The third-order valence-corrected chi connectivity index (χ3v) is 3.52. The monoisotopic (exact) mass is 285 g/mol. The number of nitrogens with zero attached hydrogens (tertiary/aromatic N) is 2. The molecule has 21 heavy (non-hydrogen) atoms. The van der Waals surface area contributed by atoms with Crippen LogP contribution in [-0.2, 0) is 0 Å². The average molecular weight is 285 g/mol. The Hall–Kier alpha value is -2.43. The fourth-order valence-corrected chi connectivity index (χ4v) is 2.49. The van der Waals surface area contributed by atoms with E-state index in [1.54, 1.807) is 0 Å². The van der Waals surface area contributed by atoms with Crippen molar-refractivity contribution in [3.8, 4) is 0 Å². The fourth-order valence-electron chi connectivity index (χ4n) is 2.49. The molecule has 3 rings (SSSR count). The van der Waals surface area contributed by atoms with E-state index in [1.165, 1.54) is 31.0 Å². The number of carbonyl (C=O) groups is 1. The molecule has 0 unspecified atom stereocenters. The highest BCUT2D eigenvalue weighted by Crippen LogP contribution is 2.23. The second-order valence-electron chi connectivity index (χ2n) is 5.04. The van der Waals surface area contributed by atoms with Crippen molar-refractivity contribution in [1.29, 1.82) is 0 Å². The molecule has 1 aromatic carbocycles. The second kappa shape index (κ2) is 5.91. The minimum atomic E-state index is -0.659. The number of aromatic nitrogens is 1. The second-order valence-corrected chi connectivity index (χ2v) is 5.04. The lowest BCUT2D eigenvalue weighted by molar-refractivity contribution is 0.102. The van der Waals surface area contributed by atoms with Gasteiger partial charge in [-0.05, 0) is 43.2 Å². The molecular formula is C16H16FN3O. The van der Waals surface area contributed by atoms with Gasteiger partial charge >= 0.3 is 0 Å². The average Bonchev–Trinajstić information content (AvgIpc) is 3.02. The number of pyridine rings is 1. The zero-order chi connectivity index (χ0) is 14.7. The van der Waals surface area contributed by atoms with Crippen molar-refractivity contribution >= 4 is 17.3 Å². The van der Waals surface area contributed by atoms with Crippen LogP contribution in [0.4, 0.5) is 15.8 Å². The van der Waals surface area contributed by atoms with Gasteiger partial charge in [-0.3, -0.25) is 4.79 Å². The summed E-state index contributed by atoms with van der Waals surface area (Å²) < 4.78 is 13.0. The molecule has 1 fully saturated rings. The Bertz CT molecular complexity index is 653. The lowest BCUT2D eigenvalue weighted by Gasteiger charge is -2.18. The van der Waals surface area contributed by atoms with Crippen LogP contribution in [0.3, 0.4) is 0 Å². The maximum atomic E-state index is 13.0. The van der Waals surface area contributed by atoms with E-state index in [9.17, 15) is 9.18 Å². The molecule has 0 atom stereocenters. The summed E-state index contributed by atoms with van der Waals surface area (Å²) in [5, 5.41) is 2.75. The first-order valence-corrected chi connectivity index (χ1v) is 7.01. The van der Waals surface area contributed by atoms with Crippen molar-refractivity contribution in [2.45, 2.75) is 12.8 Å². The Morgan fingerprint density at radius 3 is 2.67 bits per heavy atom. The molecule has 1 aliphatic rings.